The second-order valence-electron chi connectivity index (χ2n) is 6.59. The van der Waals surface area contributed by atoms with Crippen molar-refractivity contribution in [3.63, 3.8) is 0 Å². The van der Waals surface area contributed by atoms with Crippen molar-refractivity contribution in [2.45, 2.75) is 40.3 Å². The number of aliphatic imine (C=N–C) groups is 1. The molecular weight excluding hydrogens is 436 g/mol. The average Bonchev–Trinajstić information content (AvgIpc) is 2.52. The molecule has 1 aromatic rings. The first-order chi connectivity index (χ1) is 11.3. The Morgan fingerprint density at radius 3 is 2.44 bits per heavy atom. The van der Waals surface area contributed by atoms with Gasteiger partial charge in [-0.05, 0) is 30.0 Å². The maximum atomic E-state index is 13.9. The fourth-order valence-corrected chi connectivity index (χ4v) is 2.27. The third-order valence-corrected chi connectivity index (χ3v) is 3.69. The first-order valence-electron chi connectivity index (χ1n) is 8.20. The lowest BCUT2D eigenvalue weighted by Crippen LogP contribution is -2.45. The molecule has 2 N–H and O–H groups in total. The second kappa shape index (κ2) is 11.5. The number of hydrogen-bond donors (Lipinski definition) is 2. The van der Waals surface area contributed by atoms with Crippen LogP contribution >= 0.6 is 24.0 Å². The van der Waals surface area contributed by atoms with Gasteiger partial charge < -0.3 is 20.1 Å². The van der Waals surface area contributed by atoms with Crippen molar-refractivity contribution in [2.24, 2.45) is 10.4 Å². The van der Waals surface area contributed by atoms with Gasteiger partial charge in [0.15, 0.2) is 17.5 Å². The maximum Gasteiger partial charge on any atom is 0.191 e. The van der Waals surface area contributed by atoms with Crippen LogP contribution in [0.5, 0.6) is 5.75 Å². The fourth-order valence-electron chi connectivity index (χ4n) is 2.27. The van der Waals surface area contributed by atoms with Gasteiger partial charge in [0.1, 0.15) is 0 Å². The van der Waals surface area contributed by atoms with Gasteiger partial charge in [-0.1, -0.05) is 26.8 Å². The monoisotopic (exact) mass is 467 g/mol. The van der Waals surface area contributed by atoms with Crippen molar-refractivity contribution < 1.29 is 13.9 Å². The van der Waals surface area contributed by atoms with Crippen LogP contribution in [0.15, 0.2) is 23.2 Å². The molecule has 0 amide bonds. The highest BCUT2D eigenvalue weighted by Crippen LogP contribution is 2.21. The first-order valence-corrected chi connectivity index (χ1v) is 8.20. The molecule has 7 heteroatoms. The number of hydrogen-bond acceptors (Lipinski definition) is 3. The summed E-state index contributed by atoms with van der Waals surface area (Å²) in [4.78, 5) is 4.18. The molecule has 0 heterocycles. The Balaban J connectivity index is 0.00000576. The predicted octanol–water partition coefficient (Wildman–Crippen LogP) is 3.57. The molecule has 1 unspecified atom stereocenters. The molecule has 5 nitrogen and oxygen atoms in total. The Morgan fingerprint density at radius 1 is 1.28 bits per heavy atom. The Hall–Kier alpha value is -1.09. The zero-order valence-electron chi connectivity index (χ0n) is 16.0. The van der Waals surface area contributed by atoms with Crippen LogP contribution in [0.1, 0.15) is 33.3 Å². The van der Waals surface area contributed by atoms with Crippen molar-refractivity contribution in [1.82, 2.24) is 10.6 Å². The summed E-state index contributed by atoms with van der Waals surface area (Å²) in [7, 11) is 3.41. The predicted molar refractivity (Wildman–Crippen MR) is 111 cm³/mol. The van der Waals surface area contributed by atoms with Crippen LogP contribution in [0.2, 0.25) is 0 Å². The van der Waals surface area contributed by atoms with Gasteiger partial charge in [0.2, 0.25) is 0 Å². The fraction of sp³-hybridized carbons (Fsp3) is 0.611. The lowest BCUT2D eigenvalue weighted by molar-refractivity contribution is 0.0205. The molecule has 0 aromatic heterocycles. The Labute approximate surface area is 167 Å². The minimum atomic E-state index is -0.355. The van der Waals surface area contributed by atoms with Crippen LogP contribution < -0.4 is 15.4 Å². The quantitative estimate of drug-likeness (QED) is 0.366. The standard InChI is InChI=1S/C18H30FN3O2.HI/c1-7-24-15-9-8-13(10-14(15)19)11-21-17(20-5)22-12-16(23-6)18(2,3)4;/h8-10,16H,7,11-12H2,1-6H3,(H2,20,21,22);1H. The molecular formula is C18H31FIN3O2. The van der Waals surface area contributed by atoms with E-state index in [4.69, 9.17) is 9.47 Å². The molecule has 25 heavy (non-hydrogen) atoms. The van der Waals surface area contributed by atoms with Crippen LogP contribution in [-0.2, 0) is 11.3 Å². The summed E-state index contributed by atoms with van der Waals surface area (Å²) in [6.45, 7) is 9.76. The number of rotatable bonds is 7. The van der Waals surface area contributed by atoms with Crippen LogP contribution in [0.4, 0.5) is 4.39 Å². The number of ether oxygens (including phenoxy) is 2. The zero-order valence-corrected chi connectivity index (χ0v) is 18.3. The molecule has 0 bridgehead atoms. The van der Waals surface area contributed by atoms with Gasteiger partial charge in [-0.15, -0.1) is 24.0 Å². The van der Waals surface area contributed by atoms with Crippen molar-refractivity contribution in [2.75, 3.05) is 27.3 Å². The van der Waals surface area contributed by atoms with E-state index in [1.165, 1.54) is 6.07 Å². The highest BCUT2D eigenvalue weighted by Gasteiger charge is 2.24. The summed E-state index contributed by atoms with van der Waals surface area (Å²) in [5, 5.41) is 6.41. The number of halogens is 2. The van der Waals surface area contributed by atoms with E-state index in [9.17, 15) is 4.39 Å². The number of guanidine groups is 1. The molecule has 0 fully saturated rings. The van der Waals surface area contributed by atoms with Gasteiger partial charge in [-0.2, -0.15) is 0 Å². The Morgan fingerprint density at radius 2 is 1.96 bits per heavy atom. The lowest BCUT2D eigenvalue weighted by atomic mass is 9.89. The van der Waals surface area contributed by atoms with Crippen LogP contribution in [-0.4, -0.2) is 39.4 Å². The molecule has 0 radical (unpaired) electrons. The molecule has 0 saturated heterocycles. The summed E-state index contributed by atoms with van der Waals surface area (Å²) < 4.78 is 24.6. The average molecular weight is 467 g/mol. The molecule has 0 spiro atoms. The van der Waals surface area contributed by atoms with Gasteiger partial charge >= 0.3 is 0 Å². The largest absolute Gasteiger partial charge is 0.491 e. The summed E-state index contributed by atoms with van der Waals surface area (Å²) in [6, 6.07) is 4.95. The van der Waals surface area contributed by atoms with Gasteiger partial charge in [0, 0.05) is 27.2 Å². The molecule has 1 rings (SSSR count). The molecule has 0 aliphatic carbocycles. The minimum absolute atomic E-state index is 0. The van der Waals surface area contributed by atoms with E-state index < -0.39 is 0 Å². The lowest BCUT2D eigenvalue weighted by Gasteiger charge is -2.30. The van der Waals surface area contributed by atoms with Crippen LogP contribution in [0, 0.1) is 11.2 Å². The third-order valence-electron chi connectivity index (χ3n) is 3.69. The van der Waals surface area contributed by atoms with Crippen molar-refractivity contribution in [3.8, 4) is 5.75 Å². The van der Waals surface area contributed by atoms with Crippen molar-refractivity contribution >= 4 is 29.9 Å². The summed E-state index contributed by atoms with van der Waals surface area (Å²) in [5.74, 6) is 0.568. The summed E-state index contributed by atoms with van der Waals surface area (Å²) in [5.41, 5.74) is 0.844. The summed E-state index contributed by atoms with van der Waals surface area (Å²) in [6.07, 6.45) is 0.0546. The van der Waals surface area contributed by atoms with E-state index in [2.05, 4.69) is 36.4 Å². The minimum Gasteiger partial charge on any atom is -0.491 e. The van der Waals surface area contributed by atoms with Crippen LogP contribution in [0.25, 0.3) is 0 Å². The van der Waals surface area contributed by atoms with E-state index in [-0.39, 0.29) is 47.1 Å². The van der Waals surface area contributed by atoms with Gasteiger partial charge in [0.25, 0.3) is 0 Å². The number of nitrogens with one attached hydrogen (secondary N) is 2. The highest BCUT2D eigenvalue weighted by molar-refractivity contribution is 14.0. The van der Waals surface area contributed by atoms with Crippen molar-refractivity contribution in [3.05, 3.63) is 29.6 Å². The Bertz CT molecular complexity index is 548. The van der Waals surface area contributed by atoms with E-state index >= 15 is 0 Å². The Kier molecular flexibility index (Phi) is 11.0. The number of benzene rings is 1. The maximum absolute atomic E-state index is 13.9. The smallest absolute Gasteiger partial charge is 0.191 e. The molecule has 144 valence electrons. The second-order valence-corrected chi connectivity index (χ2v) is 6.59. The van der Waals surface area contributed by atoms with E-state index in [0.717, 1.165) is 5.56 Å². The summed E-state index contributed by atoms with van der Waals surface area (Å²) >= 11 is 0. The normalized spacial score (nSPS) is 13.0. The first kappa shape index (κ1) is 23.9. The van der Waals surface area contributed by atoms with E-state index in [0.29, 0.717) is 25.7 Å². The van der Waals surface area contributed by atoms with Gasteiger partial charge in [-0.3, -0.25) is 4.99 Å². The van der Waals surface area contributed by atoms with E-state index in [1.807, 2.05) is 13.0 Å². The molecule has 1 atom stereocenters. The van der Waals surface area contributed by atoms with Crippen LogP contribution in [0.3, 0.4) is 0 Å². The third kappa shape index (κ3) is 8.22. The SMILES string of the molecule is CCOc1ccc(CNC(=NC)NCC(OC)C(C)(C)C)cc1F.I. The number of methoxy groups -OCH3 is 1. The van der Waals surface area contributed by atoms with Gasteiger partial charge in [0.05, 0.1) is 12.7 Å². The molecule has 0 aliphatic heterocycles. The van der Waals surface area contributed by atoms with Gasteiger partial charge in [-0.25, -0.2) is 4.39 Å². The number of nitrogens with zero attached hydrogens (tertiary/aromatic N) is 1. The highest BCUT2D eigenvalue weighted by atomic mass is 127. The topological polar surface area (TPSA) is 54.9 Å². The molecule has 0 saturated carbocycles. The van der Waals surface area contributed by atoms with Crippen molar-refractivity contribution in [1.29, 1.82) is 0 Å². The zero-order chi connectivity index (χ0) is 18.2. The van der Waals surface area contributed by atoms with E-state index in [1.54, 1.807) is 20.2 Å². The molecule has 1 aromatic carbocycles. The molecule has 0 aliphatic rings.